The van der Waals surface area contributed by atoms with E-state index in [4.69, 9.17) is 9.47 Å². The van der Waals surface area contributed by atoms with E-state index in [0.717, 1.165) is 29.2 Å². The second kappa shape index (κ2) is 13.0. The molecule has 1 aliphatic heterocycles. The summed E-state index contributed by atoms with van der Waals surface area (Å²) in [5.41, 5.74) is -1.40. The molecule has 0 aliphatic carbocycles. The Morgan fingerprint density at radius 1 is 1.07 bits per heavy atom. The maximum Gasteiger partial charge on any atom is 0.387 e. The third-order valence-electron chi connectivity index (χ3n) is 6.81. The molecule has 42 heavy (non-hydrogen) atoms. The molecule has 3 atom stereocenters. The first-order chi connectivity index (χ1) is 20.1. The van der Waals surface area contributed by atoms with E-state index in [-0.39, 0.29) is 29.4 Å². The van der Waals surface area contributed by atoms with Crippen molar-refractivity contribution >= 4 is 17.5 Å². The number of benzene rings is 2. The number of nitrogens with zero attached hydrogens (tertiary/aromatic N) is 2. The summed E-state index contributed by atoms with van der Waals surface area (Å²) >= 11 is 0. The third-order valence-corrected chi connectivity index (χ3v) is 6.81. The van der Waals surface area contributed by atoms with E-state index in [2.05, 4.69) is 10.1 Å². The number of anilines is 1. The zero-order valence-corrected chi connectivity index (χ0v) is 22.4. The van der Waals surface area contributed by atoms with Crippen LogP contribution in [-0.2, 0) is 9.53 Å². The molecule has 0 radical (unpaired) electrons. The molecule has 2 heterocycles. The molecule has 0 bridgehead atoms. The number of aliphatic hydroxyl groups excluding tert-OH is 1. The van der Waals surface area contributed by atoms with Crippen LogP contribution in [0.25, 0.3) is 0 Å². The number of aliphatic hydroxyl groups is 1. The number of methoxy groups -OCH3 is 2. The fourth-order valence-corrected chi connectivity index (χ4v) is 4.82. The lowest BCUT2D eigenvalue weighted by Gasteiger charge is -2.21. The molecular formula is C28H27F4N3O7. The lowest BCUT2D eigenvalue weighted by atomic mass is 9.92. The van der Waals surface area contributed by atoms with Gasteiger partial charge in [-0.3, -0.25) is 14.4 Å². The molecule has 3 aromatic rings. The van der Waals surface area contributed by atoms with Crippen molar-refractivity contribution in [2.45, 2.75) is 24.6 Å². The number of carbonyl (C=O) groups excluding carboxylic acids is 2. The maximum atomic E-state index is 15.2. The SMILES string of the molecule is COCC(CO)n1cccc(N2C[C@@H](c3c(F)cc(OC)cc3F)[C@H](NC(=O)c3ccc(OC(F)F)cc3)C2=O)c1=O. The molecule has 2 aromatic carbocycles. The summed E-state index contributed by atoms with van der Waals surface area (Å²) in [6.07, 6.45) is 1.40. The second-order valence-corrected chi connectivity index (χ2v) is 9.31. The van der Waals surface area contributed by atoms with Crippen LogP contribution in [-0.4, -0.2) is 68.1 Å². The highest BCUT2D eigenvalue weighted by Gasteiger charge is 2.46. The van der Waals surface area contributed by atoms with Crippen LogP contribution in [0, 0.1) is 11.6 Å². The number of ether oxygens (including phenoxy) is 3. The monoisotopic (exact) mass is 593 g/mol. The molecule has 2 amide bonds. The van der Waals surface area contributed by atoms with Gasteiger partial charge in [0.15, 0.2) is 0 Å². The Bertz CT molecular complexity index is 1480. The van der Waals surface area contributed by atoms with Gasteiger partial charge in [0.25, 0.3) is 11.5 Å². The Morgan fingerprint density at radius 2 is 1.74 bits per heavy atom. The molecule has 2 N–H and O–H groups in total. The van der Waals surface area contributed by atoms with E-state index in [9.17, 15) is 28.3 Å². The molecule has 10 nitrogen and oxygen atoms in total. The average Bonchev–Trinajstić information content (AvgIpc) is 3.26. The van der Waals surface area contributed by atoms with E-state index in [1.165, 1.54) is 49.2 Å². The fourth-order valence-electron chi connectivity index (χ4n) is 4.82. The minimum Gasteiger partial charge on any atom is -0.497 e. The van der Waals surface area contributed by atoms with Gasteiger partial charge in [0.05, 0.1) is 26.4 Å². The van der Waals surface area contributed by atoms with Gasteiger partial charge in [-0.15, -0.1) is 0 Å². The summed E-state index contributed by atoms with van der Waals surface area (Å²) in [5.74, 6) is -5.36. The van der Waals surface area contributed by atoms with Crippen molar-refractivity contribution in [3.05, 3.63) is 87.8 Å². The van der Waals surface area contributed by atoms with E-state index < -0.39 is 72.3 Å². The smallest absolute Gasteiger partial charge is 0.387 e. The van der Waals surface area contributed by atoms with Gasteiger partial charge >= 0.3 is 6.61 Å². The van der Waals surface area contributed by atoms with Crippen LogP contribution in [0.1, 0.15) is 27.9 Å². The van der Waals surface area contributed by atoms with Gasteiger partial charge in [-0.1, -0.05) is 0 Å². The molecule has 1 fully saturated rings. The number of amides is 2. The van der Waals surface area contributed by atoms with Crippen molar-refractivity contribution < 1.29 is 46.5 Å². The normalized spacial score (nSPS) is 17.4. The maximum absolute atomic E-state index is 15.2. The van der Waals surface area contributed by atoms with Gasteiger partial charge < -0.3 is 34.1 Å². The Balaban J connectivity index is 1.73. The minimum atomic E-state index is -3.08. The molecule has 0 saturated carbocycles. The third kappa shape index (κ3) is 6.24. The van der Waals surface area contributed by atoms with Gasteiger partial charge in [-0.05, 0) is 36.4 Å². The number of halogens is 4. The topological polar surface area (TPSA) is 119 Å². The van der Waals surface area contributed by atoms with Gasteiger partial charge in [-0.25, -0.2) is 8.78 Å². The zero-order chi connectivity index (χ0) is 30.6. The van der Waals surface area contributed by atoms with Crippen LogP contribution in [0.15, 0.2) is 59.5 Å². The van der Waals surface area contributed by atoms with Crippen molar-refractivity contribution in [3.63, 3.8) is 0 Å². The summed E-state index contributed by atoms with van der Waals surface area (Å²) < 4.78 is 70.8. The van der Waals surface area contributed by atoms with Crippen LogP contribution in [0.5, 0.6) is 11.5 Å². The number of alkyl halides is 2. The average molecular weight is 594 g/mol. The number of aromatic nitrogens is 1. The first kappa shape index (κ1) is 30.5. The molecule has 1 unspecified atom stereocenters. The van der Waals surface area contributed by atoms with Crippen LogP contribution >= 0.6 is 0 Å². The number of rotatable bonds is 11. The Labute approximate surface area is 237 Å². The number of nitrogens with one attached hydrogen (secondary N) is 1. The fraction of sp³-hybridized carbons (Fsp3) is 0.321. The predicted octanol–water partition coefficient (Wildman–Crippen LogP) is 2.85. The molecule has 1 aliphatic rings. The highest BCUT2D eigenvalue weighted by molar-refractivity contribution is 6.05. The zero-order valence-electron chi connectivity index (χ0n) is 22.4. The molecule has 14 heteroatoms. The summed E-state index contributed by atoms with van der Waals surface area (Å²) in [7, 11) is 2.61. The van der Waals surface area contributed by atoms with Gasteiger partial charge in [0.2, 0.25) is 5.91 Å². The molecule has 1 aromatic heterocycles. The van der Waals surface area contributed by atoms with E-state index in [1.54, 1.807) is 0 Å². The van der Waals surface area contributed by atoms with Crippen LogP contribution in [0.3, 0.4) is 0 Å². The number of carbonyl (C=O) groups is 2. The van der Waals surface area contributed by atoms with Crippen LogP contribution < -0.4 is 25.2 Å². The summed E-state index contributed by atoms with van der Waals surface area (Å²) in [4.78, 5) is 41.2. The molecule has 224 valence electrons. The Morgan fingerprint density at radius 3 is 2.31 bits per heavy atom. The lowest BCUT2D eigenvalue weighted by molar-refractivity contribution is -0.118. The number of hydrogen-bond acceptors (Lipinski definition) is 7. The van der Waals surface area contributed by atoms with Crippen molar-refractivity contribution in [1.82, 2.24) is 9.88 Å². The first-order valence-electron chi connectivity index (χ1n) is 12.6. The number of hydrogen-bond donors (Lipinski definition) is 2. The first-order valence-corrected chi connectivity index (χ1v) is 12.6. The quantitative estimate of drug-likeness (QED) is 0.328. The number of pyridine rings is 1. The summed E-state index contributed by atoms with van der Waals surface area (Å²) in [6.45, 7) is -3.93. The highest BCUT2D eigenvalue weighted by Crippen LogP contribution is 2.36. The van der Waals surface area contributed by atoms with Gasteiger partial charge in [-0.2, -0.15) is 8.78 Å². The second-order valence-electron chi connectivity index (χ2n) is 9.31. The Hall–Kier alpha value is -4.43. The standard InChI is InChI=1S/C28H27F4N3O7/c1-40-14-16(13-36)34-9-3-4-22(26(34)38)35-12-19(23-20(29)10-18(41-2)11-21(23)30)24(27(35)39)33-25(37)15-5-7-17(8-6-15)42-28(31)32/h3-11,16,19,24,28,36H,12-14H2,1-2H3,(H,33,37)/t16?,19-,24-/m0/s1. The summed E-state index contributed by atoms with van der Waals surface area (Å²) in [5, 5.41) is 12.2. The van der Waals surface area contributed by atoms with Gasteiger partial charge in [0.1, 0.15) is 34.9 Å². The van der Waals surface area contributed by atoms with Crippen molar-refractivity contribution in [2.24, 2.45) is 0 Å². The van der Waals surface area contributed by atoms with Crippen LogP contribution in [0.4, 0.5) is 23.2 Å². The molecule has 4 rings (SSSR count). The van der Waals surface area contributed by atoms with Gasteiger partial charge in [0, 0.05) is 49.0 Å². The Kier molecular flexibility index (Phi) is 9.48. The molecule has 1 saturated heterocycles. The van der Waals surface area contributed by atoms with E-state index >= 15 is 8.78 Å². The summed E-state index contributed by atoms with van der Waals surface area (Å²) in [6, 6.07) is 6.93. The molecular weight excluding hydrogens is 566 g/mol. The van der Waals surface area contributed by atoms with Crippen molar-refractivity contribution in [1.29, 1.82) is 0 Å². The highest BCUT2D eigenvalue weighted by atomic mass is 19.3. The van der Waals surface area contributed by atoms with E-state index in [0.29, 0.717) is 0 Å². The van der Waals surface area contributed by atoms with Crippen LogP contribution in [0.2, 0.25) is 0 Å². The van der Waals surface area contributed by atoms with E-state index in [1.807, 2.05) is 0 Å². The molecule has 0 spiro atoms. The largest absolute Gasteiger partial charge is 0.497 e. The van der Waals surface area contributed by atoms with Crippen molar-refractivity contribution in [2.75, 3.05) is 38.9 Å². The minimum absolute atomic E-state index is 0.0153. The lowest BCUT2D eigenvalue weighted by Crippen LogP contribution is -2.45. The predicted molar refractivity (Wildman–Crippen MR) is 141 cm³/mol. The van der Waals surface area contributed by atoms with Crippen molar-refractivity contribution in [3.8, 4) is 11.5 Å².